The topological polar surface area (TPSA) is 199 Å². The van der Waals surface area contributed by atoms with Gasteiger partial charge in [0.1, 0.15) is 30.5 Å². The molecule has 4 atom stereocenters. The number of aryl methyl sites for hydroxylation is 1. The lowest BCUT2D eigenvalue weighted by atomic mass is 10.0. The van der Waals surface area contributed by atoms with Crippen molar-refractivity contribution in [1.82, 2.24) is 45.0 Å². The molecule has 0 radical (unpaired) electrons. The van der Waals surface area contributed by atoms with Crippen LogP contribution < -0.4 is 15.5 Å². The summed E-state index contributed by atoms with van der Waals surface area (Å²) in [7, 11) is 1.26. The van der Waals surface area contributed by atoms with Gasteiger partial charge in [0.25, 0.3) is 0 Å². The number of amides is 4. The normalized spacial score (nSPS) is 18.6. The largest absolute Gasteiger partial charge is 0.453 e. The molecular weight excluding hydrogens is 869 g/mol. The maximum atomic E-state index is 14.1. The van der Waals surface area contributed by atoms with E-state index in [9.17, 15) is 19.2 Å². The van der Waals surface area contributed by atoms with Crippen molar-refractivity contribution in [3.05, 3.63) is 89.8 Å². The highest BCUT2D eigenvalue weighted by atomic mass is 28.3. The fourth-order valence-corrected chi connectivity index (χ4v) is 10.3. The predicted molar refractivity (Wildman–Crippen MR) is 256 cm³/mol. The van der Waals surface area contributed by atoms with Gasteiger partial charge in [0.15, 0.2) is 0 Å². The summed E-state index contributed by atoms with van der Waals surface area (Å²) in [6, 6.07) is 16.8. The van der Waals surface area contributed by atoms with Crippen LogP contribution in [0.4, 0.5) is 15.3 Å². The molecule has 350 valence electrons. The molecule has 1 saturated heterocycles. The lowest BCUT2D eigenvalue weighted by Gasteiger charge is -2.30. The first-order valence-electron chi connectivity index (χ1n) is 23.0. The third-order valence-electron chi connectivity index (χ3n) is 13.1. The first kappa shape index (κ1) is 45.5. The monoisotopic (exact) mass is 926 g/mol. The number of rotatable bonds is 13. The molecule has 0 aliphatic carbocycles. The van der Waals surface area contributed by atoms with Crippen LogP contribution in [0.25, 0.3) is 44.6 Å². The Labute approximate surface area is 390 Å². The summed E-state index contributed by atoms with van der Waals surface area (Å²) >= 11 is 0. The number of anilines is 1. The summed E-state index contributed by atoms with van der Waals surface area (Å²) < 4.78 is 18.0. The molecule has 6 aromatic rings. The third kappa shape index (κ3) is 9.24. The molecule has 0 bridgehead atoms. The van der Waals surface area contributed by atoms with Crippen LogP contribution >= 0.6 is 0 Å². The second kappa shape index (κ2) is 18.5. The highest BCUT2D eigenvalue weighted by Gasteiger charge is 2.43. The lowest BCUT2D eigenvalue weighted by Crippen LogP contribution is -2.51. The van der Waals surface area contributed by atoms with Crippen LogP contribution in [0.5, 0.6) is 0 Å². The zero-order valence-electron chi connectivity index (χ0n) is 39.1. The van der Waals surface area contributed by atoms with E-state index >= 15 is 0 Å². The van der Waals surface area contributed by atoms with Gasteiger partial charge in [-0.25, -0.2) is 24.5 Å². The van der Waals surface area contributed by atoms with Crippen LogP contribution in [0.2, 0.25) is 25.7 Å². The number of hydrogen-bond donors (Lipinski definition) is 3. The molecule has 3 aliphatic rings. The molecule has 3 aromatic heterocycles. The lowest BCUT2D eigenvalue weighted by molar-refractivity contribution is -0.135. The molecule has 0 unspecified atom stereocenters. The molecule has 6 heterocycles. The Bertz CT molecular complexity index is 2870. The maximum absolute atomic E-state index is 14.1. The van der Waals surface area contributed by atoms with Gasteiger partial charge in [-0.15, -0.1) is 0 Å². The van der Waals surface area contributed by atoms with E-state index in [1.807, 2.05) is 78.0 Å². The first-order valence-corrected chi connectivity index (χ1v) is 26.8. The average Bonchev–Trinajstić information content (AvgIpc) is 4.13. The Morgan fingerprint density at radius 1 is 0.881 bits per heavy atom. The highest BCUT2D eigenvalue weighted by Crippen LogP contribution is 2.45. The summed E-state index contributed by atoms with van der Waals surface area (Å²) in [5, 5.41) is 5.49. The Hall–Kier alpha value is -6.66. The fourth-order valence-electron chi connectivity index (χ4n) is 9.50. The van der Waals surface area contributed by atoms with Gasteiger partial charge in [-0.05, 0) is 73.0 Å². The number of aromatic amines is 1. The predicted octanol–water partition coefficient (Wildman–Crippen LogP) is 7.69. The number of para-hydroxylation sites is 1. The quantitative estimate of drug-likeness (QED) is 0.0758. The number of methoxy groups -OCH3 is 2. The van der Waals surface area contributed by atoms with Crippen LogP contribution in [-0.4, -0.2) is 106 Å². The number of carbonyl (C=O) groups excluding carboxylic acids is 4. The number of H-pyrrole nitrogens is 1. The first-order chi connectivity index (χ1) is 32.2. The number of fused-ring (bicyclic) bond motifs is 2. The average molecular weight is 927 g/mol. The minimum atomic E-state index is -1.33. The minimum absolute atomic E-state index is 0.153. The molecule has 67 heavy (non-hydrogen) atoms. The number of carbonyl (C=O) groups is 4. The molecule has 0 saturated carbocycles. The van der Waals surface area contributed by atoms with Gasteiger partial charge in [0.05, 0.1) is 71.6 Å². The second-order valence-corrected chi connectivity index (χ2v) is 24.9. The minimum Gasteiger partial charge on any atom is -0.453 e. The van der Waals surface area contributed by atoms with E-state index in [0.29, 0.717) is 61.7 Å². The molecule has 9 rings (SSSR count). The van der Waals surface area contributed by atoms with Crippen molar-refractivity contribution in [3.63, 3.8) is 0 Å². The van der Waals surface area contributed by atoms with E-state index in [1.54, 1.807) is 11.1 Å². The second-order valence-electron chi connectivity index (χ2n) is 19.2. The molecule has 18 heteroatoms. The number of benzene rings is 3. The number of nitrogens with zero attached hydrogens (tertiary/aromatic N) is 7. The van der Waals surface area contributed by atoms with Crippen LogP contribution in [0.15, 0.2) is 67.0 Å². The summed E-state index contributed by atoms with van der Waals surface area (Å²) in [4.78, 5) is 79.8. The zero-order valence-corrected chi connectivity index (χ0v) is 40.1. The molecule has 3 aromatic carbocycles. The fraction of sp³-hybridized carbons (Fsp3) is 0.429. The molecule has 0 spiro atoms. The van der Waals surface area contributed by atoms with Gasteiger partial charge in [-0.3, -0.25) is 19.5 Å². The van der Waals surface area contributed by atoms with Crippen molar-refractivity contribution >= 4 is 59.8 Å². The van der Waals surface area contributed by atoms with Crippen molar-refractivity contribution in [2.24, 2.45) is 5.92 Å². The van der Waals surface area contributed by atoms with Gasteiger partial charge in [-0.2, -0.15) is 0 Å². The molecule has 1 fully saturated rings. The molecule has 3 N–H and O–H groups in total. The number of hydrogen-bond acceptors (Lipinski definition) is 11. The van der Waals surface area contributed by atoms with Crippen LogP contribution in [0.3, 0.4) is 0 Å². The summed E-state index contributed by atoms with van der Waals surface area (Å²) in [5.74, 6) is 0.876. The third-order valence-corrected chi connectivity index (χ3v) is 14.8. The smallest absolute Gasteiger partial charge is 0.407 e. The summed E-state index contributed by atoms with van der Waals surface area (Å²) in [6.07, 6.45) is 5.69. The number of ether oxygens (including phenoxy) is 3. The molecule has 4 amide bonds. The van der Waals surface area contributed by atoms with Gasteiger partial charge >= 0.3 is 12.2 Å². The Kier molecular flexibility index (Phi) is 12.6. The highest BCUT2D eigenvalue weighted by molar-refractivity contribution is 6.76. The Morgan fingerprint density at radius 3 is 2.40 bits per heavy atom. The van der Waals surface area contributed by atoms with E-state index in [1.165, 1.54) is 14.2 Å². The number of alkyl carbamates (subject to hydrolysis) is 2. The van der Waals surface area contributed by atoms with Crippen LogP contribution in [0, 0.1) is 5.92 Å². The van der Waals surface area contributed by atoms with Crippen molar-refractivity contribution in [2.75, 3.05) is 32.3 Å². The molecular formula is C49H58N10O7Si. The summed E-state index contributed by atoms with van der Waals surface area (Å²) in [5.41, 5.74) is 9.10. The van der Waals surface area contributed by atoms with E-state index in [2.05, 4.69) is 41.3 Å². The SMILES string of the molecule is COC(=O)N[C@H]1CCc2cccc3c2N(C1=O)[C@H](c1nc2ccc(-c4cnc5cc(-c6cn(COCC[Si](C)(C)C)c([C@@H]7CCCN7C(=O)[C@@H](NC(=O)OC)C(C)C)n6)ccc5n4)cc2[nH]1)C3. The number of likely N-dealkylation sites (tertiary alicyclic amines) is 1. The number of nitrogens with one attached hydrogen (secondary N) is 3. The molecule has 3 aliphatic heterocycles. The van der Waals surface area contributed by atoms with Crippen molar-refractivity contribution in [2.45, 2.75) is 103 Å². The standard InChI is InChI=1S/C49H58N10O7Si/c1-28(2)42(56-49(63)65-4)47(61)58-19-9-12-40(58)45-54-39(26-57(45)27-66-20-21-67(5,6)7)31-15-16-33-36(22-31)50-25-38(51-33)30-14-17-34-37(23-30)53-44(52-34)41-24-32-11-8-10-29-13-18-35(55-48(62)64-3)46(60)59(41)43(29)32/h8,10-11,14-17,22-23,25-26,28,35,40-42H,9,12-13,18-21,24,27H2,1-7H3,(H,52,53)(H,55,62)(H,56,63)/t35-,40-,41-,42-/m0/s1. The summed E-state index contributed by atoms with van der Waals surface area (Å²) in [6.45, 7) is 12.2. The van der Waals surface area contributed by atoms with Crippen LogP contribution in [-0.2, 0) is 43.4 Å². The number of imidazole rings is 2. The van der Waals surface area contributed by atoms with Crippen molar-refractivity contribution in [1.29, 1.82) is 0 Å². The van der Waals surface area contributed by atoms with E-state index in [-0.39, 0.29) is 29.8 Å². The van der Waals surface area contributed by atoms with Crippen LogP contribution in [0.1, 0.15) is 68.0 Å². The van der Waals surface area contributed by atoms with Gasteiger partial charge in [-0.1, -0.05) is 63.8 Å². The van der Waals surface area contributed by atoms with E-state index < -0.39 is 32.3 Å². The van der Waals surface area contributed by atoms with E-state index in [0.717, 1.165) is 69.4 Å². The van der Waals surface area contributed by atoms with Gasteiger partial charge in [0, 0.05) is 45.0 Å². The number of aromatic nitrogens is 6. The van der Waals surface area contributed by atoms with E-state index in [4.69, 9.17) is 34.1 Å². The Balaban J connectivity index is 0.978. The van der Waals surface area contributed by atoms with Gasteiger partial charge < -0.3 is 39.3 Å². The van der Waals surface area contributed by atoms with Gasteiger partial charge in [0.2, 0.25) is 11.8 Å². The zero-order chi connectivity index (χ0) is 47.1. The van der Waals surface area contributed by atoms with Crippen molar-refractivity contribution < 1.29 is 33.4 Å². The van der Waals surface area contributed by atoms with Crippen molar-refractivity contribution in [3.8, 4) is 22.5 Å². The Morgan fingerprint density at radius 2 is 1.64 bits per heavy atom. The molecule has 17 nitrogen and oxygen atoms in total. The maximum Gasteiger partial charge on any atom is 0.407 e.